The molecule has 0 fully saturated rings. The number of hydrogen-bond donors (Lipinski definition) is 1. The van der Waals surface area contributed by atoms with Gasteiger partial charge in [-0.1, -0.05) is 12.1 Å². The van der Waals surface area contributed by atoms with Gasteiger partial charge in [0, 0.05) is 16.0 Å². The summed E-state index contributed by atoms with van der Waals surface area (Å²) in [6, 6.07) is 11.1. The molecule has 112 valence electrons. The molecule has 0 unspecified atom stereocenters. The van der Waals surface area contributed by atoms with Crippen molar-refractivity contribution in [3.63, 3.8) is 0 Å². The average Bonchev–Trinajstić information content (AvgIpc) is 3.16. The van der Waals surface area contributed by atoms with Crippen molar-refractivity contribution in [2.24, 2.45) is 0 Å². The summed E-state index contributed by atoms with van der Waals surface area (Å²) in [7, 11) is 0. The molecule has 2 aromatic heterocycles. The fourth-order valence-corrected chi connectivity index (χ4v) is 2.98. The number of thiazole rings is 1. The van der Waals surface area contributed by atoms with E-state index in [0.717, 1.165) is 22.0 Å². The SMILES string of the molecule is Cc1nc(CNC(=O)c2ccc(-c3ccco3)cc2)sc1C. The van der Waals surface area contributed by atoms with Crippen molar-refractivity contribution in [3.05, 3.63) is 63.8 Å². The highest BCUT2D eigenvalue weighted by molar-refractivity contribution is 7.11. The van der Waals surface area contributed by atoms with Gasteiger partial charge in [0.05, 0.1) is 18.5 Å². The number of hydrogen-bond acceptors (Lipinski definition) is 4. The molecule has 5 heteroatoms. The van der Waals surface area contributed by atoms with Gasteiger partial charge in [0.15, 0.2) is 0 Å². The van der Waals surface area contributed by atoms with Crippen LogP contribution < -0.4 is 5.32 Å². The van der Waals surface area contributed by atoms with Gasteiger partial charge in [-0.05, 0) is 38.1 Å². The minimum atomic E-state index is -0.100. The van der Waals surface area contributed by atoms with Gasteiger partial charge in [0.2, 0.25) is 0 Å². The Morgan fingerprint density at radius 3 is 2.59 bits per heavy atom. The highest BCUT2D eigenvalue weighted by atomic mass is 32.1. The van der Waals surface area contributed by atoms with Gasteiger partial charge in [-0.25, -0.2) is 4.98 Å². The molecule has 0 bridgehead atoms. The predicted molar refractivity (Wildman–Crippen MR) is 86.9 cm³/mol. The van der Waals surface area contributed by atoms with Crippen molar-refractivity contribution >= 4 is 17.2 Å². The second kappa shape index (κ2) is 6.15. The van der Waals surface area contributed by atoms with Crippen molar-refractivity contribution in [1.82, 2.24) is 10.3 Å². The largest absolute Gasteiger partial charge is 0.464 e. The number of carbonyl (C=O) groups excluding carboxylic acids is 1. The number of rotatable bonds is 4. The fraction of sp³-hybridized carbons (Fsp3) is 0.176. The Kier molecular flexibility index (Phi) is 4.06. The number of amides is 1. The smallest absolute Gasteiger partial charge is 0.251 e. The summed E-state index contributed by atoms with van der Waals surface area (Å²) < 4.78 is 5.33. The zero-order chi connectivity index (χ0) is 15.5. The Morgan fingerprint density at radius 1 is 1.23 bits per heavy atom. The maximum absolute atomic E-state index is 12.1. The second-order valence-corrected chi connectivity index (χ2v) is 6.27. The normalized spacial score (nSPS) is 10.6. The van der Waals surface area contributed by atoms with Crippen LogP contribution in [-0.2, 0) is 6.54 Å². The molecule has 22 heavy (non-hydrogen) atoms. The number of nitrogens with zero attached hydrogens (tertiary/aromatic N) is 1. The van der Waals surface area contributed by atoms with Gasteiger partial charge >= 0.3 is 0 Å². The monoisotopic (exact) mass is 312 g/mol. The molecule has 0 radical (unpaired) electrons. The van der Waals surface area contributed by atoms with Crippen LogP contribution >= 0.6 is 11.3 Å². The van der Waals surface area contributed by atoms with E-state index < -0.39 is 0 Å². The molecule has 1 amide bonds. The summed E-state index contributed by atoms with van der Waals surface area (Å²) in [5, 5.41) is 3.82. The molecule has 0 atom stereocenters. The van der Waals surface area contributed by atoms with Gasteiger partial charge in [-0.15, -0.1) is 11.3 Å². The number of benzene rings is 1. The molecule has 0 saturated carbocycles. The molecule has 2 heterocycles. The first kappa shape index (κ1) is 14.5. The number of carbonyl (C=O) groups is 1. The molecule has 4 nitrogen and oxygen atoms in total. The summed E-state index contributed by atoms with van der Waals surface area (Å²) in [6.07, 6.45) is 1.63. The highest BCUT2D eigenvalue weighted by Gasteiger charge is 2.09. The van der Waals surface area contributed by atoms with Crippen LogP contribution in [0.25, 0.3) is 11.3 Å². The summed E-state index contributed by atoms with van der Waals surface area (Å²) in [4.78, 5) is 17.8. The lowest BCUT2D eigenvalue weighted by atomic mass is 10.1. The molecule has 0 spiro atoms. The van der Waals surface area contributed by atoms with Crippen molar-refractivity contribution in [3.8, 4) is 11.3 Å². The van der Waals surface area contributed by atoms with Gasteiger partial charge in [0.25, 0.3) is 5.91 Å². The lowest BCUT2D eigenvalue weighted by molar-refractivity contribution is 0.0951. The van der Waals surface area contributed by atoms with Crippen molar-refractivity contribution in [2.75, 3.05) is 0 Å². The van der Waals surface area contributed by atoms with E-state index in [1.807, 2.05) is 38.1 Å². The third-order valence-electron chi connectivity index (χ3n) is 3.43. The lowest BCUT2D eigenvalue weighted by Crippen LogP contribution is -2.22. The van der Waals surface area contributed by atoms with Crippen LogP contribution in [0, 0.1) is 13.8 Å². The molecular formula is C17H16N2O2S. The quantitative estimate of drug-likeness (QED) is 0.793. The standard InChI is InChI=1S/C17H16N2O2S/c1-11-12(2)22-16(19-11)10-18-17(20)14-7-5-13(6-8-14)15-4-3-9-21-15/h3-9H,10H2,1-2H3,(H,18,20). The predicted octanol–water partition coefficient (Wildman–Crippen LogP) is 3.95. The van der Waals surface area contributed by atoms with E-state index in [9.17, 15) is 4.79 Å². The molecule has 0 aliphatic carbocycles. The number of aromatic nitrogens is 1. The molecule has 0 saturated heterocycles. The van der Waals surface area contributed by atoms with E-state index in [2.05, 4.69) is 10.3 Å². The van der Waals surface area contributed by atoms with E-state index in [1.165, 1.54) is 4.88 Å². The first-order valence-corrected chi connectivity index (χ1v) is 7.80. The van der Waals surface area contributed by atoms with E-state index in [-0.39, 0.29) is 5.91 Å². The lowest BCUT2D eigenvalue weighted by Gasteiger charge is -2.04. The van der Waals surface area contributed by atoms with Gasteiger partial charge in [-0.2, -0.15) is 0 Å². The maximum atomic E-state index is 12.1. The zero-order valence-corrected chi connectivity index (χ0v) is 13.2. The highest BCUT2D eigenvalue weighted by Crippen LogP contribution is 2.20. The van der Waals surface area contributed by atoms with Crippen LogP contribution in [0.5, 0.6) is 0 Å². The van der Waals surface area contributed by atoms with Crippen LogP contribution in [0.2, 0.25) is 0 Å². The van der Waals surface area contributed by atoms with Gasteiger partial charge in [0.1, 0.15) is 10.8 Å². The molecule has 1 aromatic carbocycles. The minimum Gasteiger partial charge on any atom is -0.464 e. The summed E-state index contributed by atoms with van der Waals surface area (Å²) in [6.45, 7) is 4.47. The first-order chi connectivity index (χ1) is 10.6. The Balaban J connectivity index is 1.65. The van der Waals surface area contributed by atoms with Crippen LogP contribution in [0.1, 0.15) is 25.9 Å². The summed E-state index contributed by atoms with van der Waals surface area (Å²) in [5.74, 6) is 0.692. The number of aryl methyl sites for hydroxylation is 2. The van der Waals surface area contributed by atoms with Gasteiger partial charge in [-0.3, -0.25) is 4.79 Å². The molecule has 0 aliphatic rings. The maximum Gasteiger partial charge on any atom is 0.251 e. The van der Waals surface area contributed by atoms with E-state index in [1.54, 1.807) is 29.7 Å². The van der Waals surface area contributed by atoms with E-state index >= 15 is 0 Å². The van der Waals surface area contributed by atoms with Crippen molar-refractivity contribution < 1.29 is 9.21 Å². The molecular weight excluding hydrogens is 296 g/mol. The third kappa shape index (κ3) is 3.09. The topological polar surface area (TPSA) is 55.1 Å². The molecule has 1 N–H and O–H groups in total. The second-order valence-electron chi connectivity index (χ2n) is 4.99. The zero-order valence-electron chi connectivity index (χ0n) is 12.4. The molecule has 3 aromatic rings. The summed E-state index contributed by atoms with van der Waals surface area (Å²) >= 11 is 1.61. The van der Waals surface area contributed by atoms with Crippen LogP contribution in [0.3, 0.4) is 0 Å². The van der Waals surface area contributed by atoms with Gasteiger partial charge < -0.3 is 9.73 Å². The number of nitrogens with one attached hydrogen (secondary N) is 1. The van der Waals surface area contributed by atoms with Crippen LogP contribution in [-0.4, -0.2) is 10.9 Å². The van der Waals surface area contributed by atoms with Crippen molar-refractivity contribution in [1.29, 1.82) is 0 Å². The van der Waals surface area contributed by atoms with E-state index in [4.69, 9.17) is 4.42 Å². The summed E-state index contributed by atoms with van der Waals surface area (Å²) in [5.41, 5.74) is 2.60. The Hall–Kier alpha value is -2.40. The van der Waals surface area contributed by atoms with Crippen molar-refractivity contribution in [2.45, 2.75) is 20.4 Å². The Labute approximate surface area is 132 Å². The number of furan rings is 1. The van der Waals surface area contributed by atoms with E-state index in [0.29, 0.717) is 12.1 Å². The molecule has 3 rings (SSSR count). The first-order valence-electron chi connectivity index (χ1n) is 6.98. The van der Waals surface area contributed by atoms with Crippen LogP contribution in [0.4, 0.5) is 0 Å². The minimum absolute atomic E-state index is 0.100. The average molecular weight is 312 g/mol. The fourth-order valence-electron chi connectivity index (χ4n) is 2.10. The van der Waals surface area contributed by atoms with Crippen LogP contribution in [0.15, 0.2) is 47.1 Å². The Bertz CT molecular complexity index is 754. The third-order valence-corrected chi connectivity index (χ3v) is 4.50. The Morgan fingerprint density at radius 2 is 2.00 bits per heavy atom. The molecule has 0 aliphatic heterocycles.